The van der Waals surface area contributed by atoms with Crippen LogP contribution in [-0.2, 0) is 12.0 Å². The molecule has 0 unspecified atom stereocenters. The highest BCUT2D eigenvalue weighted by atomic mass is 19.4. The number of nitrogens with zero attached hydrogens (tertiary/aromatic N) is 2. The maximum atomic E-state index is 13.3. The van der Waals surface area contributed by atoms with Crippen LogP contribution in [0.5, 0.6) is 0 Å². The average Bonchev–Trinajstić information content (AvgIpc) is 2.77. The summed E-state index contributed by atoms with van der Waals surface area (Å²) in [6.07, 6.45) is -11.8. The Bertz CT molecular complexity index is 1430. The lowest BCUT2D eigenvalue weighted by Crippen LogP contribution is -2.53. The second-order valence-electron chi connectivity index (χ2n) is 8.10. The van der Waals surface area contributed by atoms with Gasteiger partial charge in [-0.1, -0.05) is 54.1 Å². The van der Waals surface area contributed by atoms with Gasteiger partial charge in [0.1, 0.15) is 5.82 Å². The summed E-state index contributed by atoms with van der Waals surface area (Å²) < 4.78 is 80.7. The van der Waals surface area contributed by atoms with Gasteiger partial charge in [0, 0.05) is 12.0 Å². The van der Waals surface area contributed by atoms with Gasteiger partial charge >= 0.3 is 12.4 Å². The number of alkyl halides is 6. The van der Waals surface area contributed by atoms with E-state index in [1.165, 1.54) is 6.07 Å². The van der Waals surface area contributed by atoms with Crippen molar-refractivity contribution in [3.05, 3.63) is 106 Å². The van der Waals surface area contributed by atoms with Crippen molar-refractivity contribution in [3.8, 4) is 5.69 Å². The quantitative estimate of drug-likeness (QED) is 0.378. The third kappa shape index (κ3) is 4.29. The lowest BCUT2D eigenvalue weighted by atomic mass is 9.92. The van der Waals surface area contributed by atoms with Gasteiger partial charge in [0.2, 0.25) is 0 Å². The number of aryl methyl sites for hydroxylation is 1. The van der Waals surface area contributed by atoms with Crippen molar-refractivity contribution in [2.75, 3.05) is 0 Å². The number of halogens is 6. The van der Waals surface area contributed by atoms with Crippen molar-refractivity contribution >= 4 is 10.9 Å². The fraction of sp³-hybridized carbons (Fsp3) is 0.200. The Morgan fingerprint density at radius 3 is 2.09 bits per heavy atom. The summed E-state index contributed by atoms with van der Waals surface area (Å²) in [4.78, 5) is 17.9. The molecular formula is C25H18F6N2O2. The first-order valence-corrected chi connectivity index (χ1v) is 10.4. The highest BCUT2D eigenvalue weighted by Crippen LogP contribution is 2.50. The summed E-state index contributed by atoms with van der Waals surface area (Å²) in [5.74, 6) is 0.244. The van der Waals surface area contributed by atoms with Gasteiger partial charge in [-0.25, -0.2) is 4.98 Å². The molecule has 1 N–H and O–H groups in total. The second kappa shape index (κ2) is 8.53. The van der Waals surface area contributed by atoms with E-state index in [1.807, 2.05) is 31.2 Å². The van der Waals surface area contributed by atoms with Crippen LogP contribution in [0.3, 0.4) is 0 Å². The number of aliphatic hydroxyl groups is 1. The Labute approximate surface area is 195 Å². The first kappa shape index (κ1) is 24.5. The lowest BCUT2D eigenvalue weighted by molar-refractivity contribution is -0.376. The summed E-state index contributed by atoms with van der Waals surface area (Å²) in [5, 5.41) is 9.89. The molecule has 0 bridgehead atoms. The van der Waals surface area contributed by atoms with E-state index >= 15 is 0 Å². The molecular weight excluding hydrogens is 474 g/mol. The molecule has 35 heavy (non-hydrogen) atoms. The monoisotopic (exact) mass is 492 g/mol. The van der Waals surface area contributed by atoms with Crippen LogP contribution >= 0.6 is 0 Å². The van der Waals surface area contributed by atoms with E-state index in [9.17, 15) is 36.2 Å². The van der Waals surface area contributed by atoms with E-state index in [2.05, 4.69) is 4.98 Å². The van der Waals surface area contributed by atoms with Crippen LogP contribution in [0.1, 0.15) is 22.5 Å². The fourth-order valence-electron chi connectivity index (χ4n) is 3.91. The lowest BCUT2D eigenvalue weighted by Gasteiger charge is -2.32. The van der Waals surface area contributed by atoms with Crippen molar-refractivity contribution in [1.29, 1.82) is 0 Å². The highest BCUT2D eigenvalue weighted by molar-refractivity contribution is 5.77. The normalized spacial score (nSPS) is 12.8. The Hall–Kier alpha value is -3.66. The molecule has 0 amide bonds. The predicted octanol–water partition coefficient (Wildman–Crippen LogP) is 5.60. The van der Waals surface area contributed by atoms with E-state index in [1.54, 1.807) is 18.2 Å². The Balaban J connectivity index is 1.89. The van der Waals surface area contributed by atoms with Gasteiger partial charge in [-0.05, 0) is 36.8 Å². The first-order valence-electron chi connectivity index (χ1n) is 10.4. The number of hydrogen-bond acceptors (Lipinski definition) is 3. The summed E-state index contributed by atoms with van der Waals surface area (Å²) in [5.41, 5.74) is -4.84. The SMILES string of the molecule is Cc1cccc(Cc2nc3ccccc3c(=O)n2-c2ccc(C(O)(C(F)(F)F)C(F)(F)F)cc2)c1. The van der Waals surface area contributed by atoms with Crippen LogP contribution in [0.2, 0.25) is 0 Å². The smallest absolute Gasteiger partial charge is 0.369 e. The molecule has 0 spiro atoms. The number of para-hydroxylation sites is 1. The minimum atomic E-state index is -6.01. The number of hydrogen-bond donors (Lipinski definition) is 1. The second-order valence-corrected chi connectivity index (χ2v) is 8.10. The van der Waals surface area contributed by atoms with Crippen molar-refractivity contribution in [2.24, 2.45) is 0 Å². The summed E-state index contributed by atoms with van der Waals surface area (Å²) >= 11 is 0. The standard InChI is InChI=1S/C25H18F6N2O2/c1-15-5-4-6-16(13-15)14-21-32-20-8-3-2-7-19(20)22(34)33(21)18-11-9-17(10-12-18)23(35,24(26,27)28)25(29,30)31/h2-13,35H,14H2,1H3. The average molecular weight is 492 g/mol. The number of rotatable bonds is 4. The molecule has 10 heteroatoms. The Morgan fingerprint density at radius 1 is 0.857 bits per heavy atom. The molecule has 0 saturated carbocycles. The molecule has 0 atom stereocenters. The molecule has 1 heterocycles. The highest BCUT2D eigenvalue weighted by Gasteiger charge is 2.71. The molecule has 1 aromatic heterocycles. The van der Waals surface area contributed by atoms with Gasteiger partial charge < -0.3 is 5.11 Å². The van der Waals surface area contributed by atoms with Crippen molar-refractivity contribution < 1.29 is 31.4 Å². The largest absolute Gasteiger partial charge is 0.430 e. The van der Waals surface area contributed by atoms with Gasteiger partial charge in [-0.15, -0.1) is 0 Å². The van der Waals surface area contributed by atoms with Gasteiger partial charge in [0.25, 0.3) is 11.2 Å². The molecule has 0 aliphatic carbocycles. The molecule has 4 rings (SSSR count). The van der Waals surface area contributed by atoms with Crippen molar-refractivity contribution in [2.45, 2.75) is 31.3 Å². The zero-order valence-corrected chi connectivity index (χ0v) is 18.2. The van der Waals surface area contributed by atoms with Crippen molar-refractivity contribution in [1.82, 2.24) is 9.55 Å². The van der Waals surface area contributed by atoms with E-state index in [0.29, 0.717) is 17.6 Å². The van der Waals surface area contributed by atoms with E-state index in [4.69, 9.17) is 0 Å². The summed E-state index contributed by atoms with van der Waals surface area (Å²) in [7, 11) is 0. The van der Waals surface area contributed by atoms with Gasteiger partial charge in [0.05, 0.1) is 16.6 Å². The summed E-state index contributed by atoms with van der Waals surface area (Å²) in [6.45, 7) is 1.88. The number of benzene rings is 3. The summed E-state index contributed by atoms with van der Waals surface area (Å²) in [6, 6.07) is 16.7. The molecule has 4 aromatic rings. The number of aromatic nitrogens is 2. The molecule has 0 radical (unpaired) electrons. The minimum Gasteiger partial charge on any atom is -0.369 e. The van der Waals surface area contributed by atoms with E-state index in [-0.39, 0.29) is 23.3 Å². The Kier molecular flexibility index (Phi) is 5.96. The van der Waals surface area contributed by atoms with Gasteiger partial charge in [-0.2, -0.15) is 26.3 Å². The number of fused-ring (bicyclic) bond motifs is 1. The molecule has 0 aliphatic heterocycles. The van der Waals surface area contributed by atoms with Gasteiger partial charge in [-0.3, -0.25) is 9.36 Å². The maximum absolute atomic E-state index is 13.3. The maximum Gasteiger partial charge on any atom is 0.430 e. The van der Waals surface area contributed by atoms with Crippen LogP contribution in [0.25, 0.3) is 16.6 Å². The van der Waals surface area contributed by atoms with Crippen LogP contribution in [0.4, 0.5) is 26.3 Å². The molecule has 0 saturated heterocycles. The van der Waals surface area contributed by atoms with Crippen LogP contribution in [0.15, 0.2) is 77.6 Å². The van der Waals surface area contributed by atoms with E-state index < -0.39 is 29.1 Å². The third-order valence-corrected chi connectivity index (χ3v) is 5.65. The fourth-order valence-corrected chi connectivity index (χ4v) is 3.91. The molecule has 0 fully saturated rings. The van der Waals surface area contributed by atoms with E-state index in [0.717, 1.165) is 27.8 Å². The predicted molar refractivity (Wildman–Crippen MR) is 117 cm³/mol. The van der Waals surface area contributed by atoms with Gasteiger partial charge in [0.15, 0.2) is 0 Å². The minimum absolute atomic E-state index is 0.00588. The molecule has 182 valence electrons. The topological polar surface area (TPSA) is 55.1 Å². The Morgan fingerprint density at radius 2 is 1.49 bits per heavy atom. The van der Waals surface area contributed by atoms with Crippen LogP contribution in [-0.4, -0.2) is 27.0 Å². The zero-order valence-electron chi connectivity index (χ0n) is 18.2. The van der Waals surface area contributed by atoms with Crippen LogP contribution in [0, 0.1) is 6.92 Å². The van der Waals surface area contributed by atoms with Crippen molar-refractivity contribution in [3.63, 3.8) is 0 Å². The molecule has 0 aliphatic rings. The zero-order chi connectivity index (χ0) is 25.6. The third-order valence-electron chi connectivity index (χ3n) is 5.65. The molecule has 4 nitrogen and oxygen atoms in total. The molecule has 3 aromatic carbocycles. The van der Waals surface area contributed by atoms with Crippen LogP contribution < -0.4 is 5.56 Å². The first-order chi connectivity index (χ1) is 16.3.